The van der Waals surface area contributed by atoms with Gasteiger partial charge in [-0.25, -0.2) is 9.78 Å². The number of carbonyl (C=O) groups is 1. The van der Waals surface area contributed by atoms with Crippen molar-refractivity contribution in [1.29, 1.82) is 0 Å². The average molecular weight is 447 g/mol. The molecule has 0 amide bonds. The van der Waals surface area contributed by atoms with Crippen LogP contribution in [0.25, 0.3) is 21.3 Å². The first kappa shape index (κ1) is 22.0. The molecule has 164 valence electrons. The van der Waals surface area contributed by atoms with Crippen LogP contribution in [0.4, 0.5) is 0 Å². The van der Waals surface area contributed by atoms with Crippen molar-refractivity contribution in [2.45, 2.75) is 39.7 Å². The highest BCUT2D eigenvalue weighted by molar-refractivity contribution is 7.17. The molecule has 0 saturated heterocycles. The number of fused-ring (bicyclic) bond motifs is 1. The molecular weight excluding hydrogens is 420 g/mol. The third-order valence-electron chi connectivity index (χ3n) is 5.40. The Morgan fingerprint density at radius 2 is 1.94 bits per heavy atom. The van der Waals surface area contributed by atoms with Crippen LogP contribution in [0, 0.1) is 0 Å². The van der Waals surface area contributed by atoms with Gasteiger partial charge in [-0.15, -0.1) is 11.3 Å². The first-order valence-corrected chi connectivity index (χ1v) is 11.7. The molecular formula is C26H26N2O3S. The van der Waals surface area contributed by atoms with E-state index in [9.17, 15) is 9.59 Å². The Kier molecular flexibility index (Phi) is 6.51. The SMILES string of the molecule is CCCOC(=O)c1cccc(Cn2cnc3scc(-c4ccc(C(C)C)cc4)c3c2=O)c1. The Morgan fingerprint density at radius 1 is 1.16 bits per heavy atom. The number of benzene rings is 2. The first-order chi connectivity index (χ1) is 15.5. The molecule has 0 aliphatic rings. The van der Waals surface area contributed by atoms with Crippen LogP contribution in [0.1, 0.15) is 54.6 Å². The second kappa shape index (κ2) is 9.49. The average Bonchev–Trinajstić information content (AvgIpc) is 3.24. The Balaban J connectivity index is 1.67. The van der Waals surface area contributed by atoms with Crippen molar-refractivity contribution < 1.29 is 9.53 Å². The molecule has 0 saturated carbocycles. The van der Waals surface area contributed by atoms with Gasteiger partial charge in [-0.2, -0.15) is 0 Å². The Morgan fingerprint density at radius 3 is 2.66 bits per heavy atom. The molecule has 2 heterocycles. The maximum atomic E-state index is 13.4. The largest absolute Gasteiger partial charge is 0.462 e. The number of nitrogens with zero attached hydrogens (tertiary/aromatic N) is 2. The zero-order valence-electron chi connectivity index (χ0n) is 18.5. The quantitative estimate of drug-likeness (QED) is 0.333. The van der Waals surface area contributed by atoms with Crippen LogP contribution in [0.5, 0.6) is 0 Å². The van der Waals surface area contributed by atoms with Gasteiger partial charge in [-0.05, 0) is 41.2 Å². The molecule has 2 aromatic heterocycles. The van der Waals surface area contributed by atoms with E-state index >= 15 is 0 Å². The third-order valence-corrected chi connectivity index (χ3v) is 6.29. The lowest BCUT2D eigenvalue weighted by Crippen LogP contribution is -2.21. The Bertz CT molecular complexity index is 1300. The first-order valence-electron chi connectivity index (χ1n) is 10.8. The van der Waals surface area contributed by atoms with E-state index in [-0.39, 0.29) is 11.5 Å². The lowest BCUT2D eigenvalue weighted by molar-refractivity contribution is 0.0505. The normalized spacial score (nSPS) is 11.2. The molecule has 0 bridgehead atoms. The van der Waals surface area contributed by atoms with Crippen molar-refractivity contribution in [1.82, 2.24) is 9.55 Å². The van der Waals surface area contributed by atoms with E-state index in [1.807, 2.05) is 18.4 Å². The number of carbonyl (C=O) groups excluding carboxylic acids is 1. The van der Waals surface area contributed by atoms with Gasteiger partial charge >= 0.3 is 5.97 Å². The summed E-state index contributed by atoms with van der Waals surface area (Å²) >= 11 is 1.48. The molecule has 32 heavy (non-hydrogen) atoms. The fraction of sp³-hybridized carbons (Fsp3) is 0.269. The van der Waals surface area contributed by atoms with Crippen molar-refractivity contribution >= 4 is 27.5 Å². The lowest BCUT2D eigenvalue weighted by Gasteiger charge is -2.09. The van der Waals surface area contributed by atoms with E-state index in [2.05, 4.69) is 43.1 Å². The molecule has 0 N–H and O–H groups in total. The minimum absolute atomic E-state index is 0.0850. The van der Waals surface area contributed by atoms with E-state index in [1.165, 1.54) is 16.9 Å². The highest BCUT2D eigenvalue weighted by Gasteiger charge is 2.14. The second-order valence-electron chi connectivity index (χ2n) is 8.12. The van der Waals surface area contributed by atoms with Crippen molar-refractivity contribution in [2.75, 3.05) is 6.61 Å². The van der Waals surface area contributed by atoms with Crippen LogP contribution >= 0.6 is 11.3 Å². The van der Waals surface area contributed by atoms with Crippen molar-refractivity contribution in [3.05, 3.63) is 87.3 Å². The summed E-state index contributed by atoms with van der Waals surface area (Å²) in [6, 6.07) is 15.6. The molecule has 0 aliphatic carbocycles. The maximum Gasteiger partial charge on any atom is 0.338 e. The minimum Gasteiger partial charge on any atom is -0.462 e. The van der Waals surface area contributed by atoms with E-state index in [0.717, 1.165) is 27.9 Å². The van der Waals surface area contributed by atoms with Crippen LogP contribution in [0.2, 0.25) is 0 Å². The summed E-state index contributed by atoms with van der Waals surface area (Å²) in [5.74, 6) is 0.108. The number of ether oxygens (including phenoxy) is 1. The minimum atomic E-state index is -0.348. The molecule has 5 nitrogen and oxygen atoms in total. The van der Waals surface area contributed by atoms with Crippen LogP contribution in [-0.4, -0.2) is 22.1 Å². The highest BCUT2D eigenvalue weighted by atomic mass is 32.1. The number of rotatable bonds is 7. The fourth-order valence-electron chi connectivity index (χ4n) is 3.61. The number of esters is 1. The number of hydrogen-bond donors (Lipinski definition) is 0. The van der Waals surface area contributed by atoms with Gasteiger partial charge in [0, 0.05) is 10.9 Å². The van der Waals surface area contributed by atoms with Crippen molar-refractivity contribution in [3.63, 3.8) is 0 Å². The van der Waals surface area contributed by atoms with E-state index < -0.39 is 0 Å². The predicted molar refractivity (Wildman–Crippen MR) is 130 cm³/mol. The highest BCUT2D eigenvalue weighted by Crippen LogP contribution is 2.31. The molecule has 0 spiro atoms. The summed E-state index contributed by atoms with van der Waals surface area (Å²) in [5.41, 5.74) is 4.43. The molecule has 4 rings (SSSR count). The zero-order chi connectivity index (χ0) is 22.7. The Hall–Kier alpha value is -3.25. The van der Waals surface area contributed by atoms with Gasteiger partial charge in [-0.3, -0.25) is 9.36 Å². The van der Waals surface area contributed by atoms with Crippen molar-refractivity contribution in [3.8, 4) is 11.1 Å². The molecule has 6 heteroatoms. The van der Waals surface area contributed by atoms with Crippen LogP contribution < -0.4 is 5.56 Å². The maximum absolute atomic E-state index is 13.4. The van der Waals surface area contributed by atoms with Crippen molar-refractivity contribution in [2.24, 2.45) is 0 Å². The van der Waals surface area contributed by atoms with E-state index in [0.29, 0.717) is 30.0 Å². The summed E-state index contributed by atoms with van der Waals surface area (Å²) < 4.78 is 6.82. The number of aromatic nitrogens is 2. The van der Waals surface area contributed by atoms with E-state index in [4.69, 9.17) is 4.74 Å². The smallest absolute Gasteiger partial charge is 0.338 e. The van der Waals surface area contributed by atoms with Gasteiger partial charge in [0.1, 0.15) is 4.83 Å². The van der Waals surface area contributed by atoms with Crippen LogP contribution in [0.15, 0.2) is 65.0 Å². The van der Waals surface area contributed by atoms with Gasteiger partial charge in [0.25, 0.3) is 5.56 Å². The molecule has 4 aromatic rings. The zero-order valence-corrected chi connectivity index (χ0v) is 19.3. The standard InChI is InChI=1S/C26H26N2O3S/c1-4-12-31-26(30)21-7-5-6-18(13-21)14-28-16-27-24-23(25(28)29)22(15-32-24)20-10-8-19(9-11-20)17(2)3/h5-11,13,15-17H,4,12,14H2,1-3H3. The summed E-state index contributed by atoms with van der Waals surface area (Å²) in [5, 5.41) is 2.63. The van der Waals surface area contributed by atoms with E-state index in [1.54, 1.807) is 29.1 Å². The predicted octanol–water partition coefficient (Wildman–Crippen LogP) is 5.86. The molecule has 0 aliphatic heterocycles. The van der Waals surface area contributed by atoms with Gasteiger partial charge in [0.15, 0.2) is 0 Å². The van der Waals surface area contributed by atoms with Crippen LogP contribution in [0.3, 0.4) is 0 Å². The monoisotopic (exact) mass is 446 g/mol. The summed E-state index contributed by atoms with van der Waals surface area (Å²) in [6.07, 6.45) is 2.35. The fourth-order valence-corrected chi connectivity index (χ4v) is 4.52. The molecule has 0 radical (unpaired) electrons. The third kappa shape index (κ3) is 4.50. The molecule has 0 atom stereocenters. The Labute approximate surface area is 191 Å². The van der Waals surface area contributed by atoms with Gasteiger partial charge in [0.05, 0.1) is 30.4 Å². The van der Waals surface area contributed by atoms with Crippen LogP contribution in [-0.2, 0) is 11.3 Å². The second-order valence-corrected chi connectivity index (χ2v) is 8.98. The summed E-state index contributed by atoms with van der Waals surface area (Å²) in [4.78, 5) is 30.8. The summed E-state index contributed by atoms with van der Waals surface area (Å²) in [7, 11) is 0. The number of thiophene rings is 1. The topological polar surface area (TPSA) is 61.2 Å². The lowest BCUT2D eigenvalue weighted by atomic mass is 9.99. The number of hydrogen-bond acceptors (Lipinski definition) is 5. The van der Waals surface area contributed by atoms with Gasteiger partial charge in [0.2, 0.25) is 0 Å². The summed E-state index contributed by atoms with van der Waals surface area (Å²) in [6.45, 7) is 7.00. The molecule has 0 fully saturated rings. The molecule has 0 unspecified atom stereocenters. The van der Waals surface area contributed by atoms with Gasteiger partial charge in [-0.1, -0.05) is 57.2 Å². The molecule has 2 aromatic carbocycles. The van der Waals surface area contributed by atoms with Gasteiger partial charge < -0.3 is 4.74 Å².